The molecule has 6 heteroatoms. The van der Waals surface area contributed by atoms with E-state index in [-0.39, 0.29) is 12.5 Å². The van der Waals surface area contributed by atoms with Gasteiger partial charge in [-0.25, -0.2) is 0 Å². The molecule has 0 aliphatic heterocycles. The lowest BCUT2D eigenvalue weighted by molar-refractivity contribution is -0.114. The molecule has 0 saturated heterocycles. The molecular formula is C12H14N4OS. The Balaban J connectivity index is 1.82. The molecule has 0 spiro atoms. The average Bonchev–Trinajstić information content (AvgIpc) is 2.85. The van der Waals surface area contributed by atoms with Crippen LogP contribution in [0.25, 0.3) is 0 Å². The zero-order chi connectivity index (χ0) is 12.8. The molecule has 0 radical (unpaired) electrons. The number of hydrogen-bond acceptors (Lipinski definition) is 5. The molecule has 0 aliphatic rings. The quantitative estimate of drug-likeness (QED) is 0.866. The summed E-state index contributed by atoms with van der Waals surface area (Å²) in [6.07, 6.45) is 0.829. The first-order valence-corrected chi connectivity index (χ1v) is 6.50. The van der Waals surface area contributed by atoms with Crippen molar-refractivity contribution in [1.29, 1.82) is 0 Å². The van der Waals surface area contributed by atoms with E-state index >= 15 is 0 Å². The molecule has 0 bridgehead atoms. The van der Waals surface area contributed by atoms with Gasteiger partial charge in [0.1, 0.15) is 5.01 Å². The normalized spacial score (nSPS) is 10.1. The molecule has 2 N–H and O–H groups in total. The highest BCUT2D eigenvalue weighted by Gasteiger charge is 2.06. The van der Waals surface area contributed by atoms with E-state index in [0.717, 1.165) is 17.1 Å². The van der Waals surface area contributed by atoms with E-state index in [1.54, 1.807) is 0 Å². The van der Waals surface area contributed by atoms with Crippen LogP contribution < -0.4 is 10.6 Å². The molecule has 1 amide bonds. The smallest absolute Gasteiger partial charge is 0.245 e. The van der Waals surface area contributed by atoms with Gasteiger partial charge in [0, 0.05) is 5.69 Å². The Labute approximate surface area is 109 Å². The standard InChI is InChI=1S/C12H14N4OS/c1-2-11-15-16-12(18-11)14-10(17)8-13-9-6-4-3-5-7-9/h3-7,13H,2,8H2,1H3,(H,14,16,17). The van der Waals surface area contributed by atoms with E-state index in [2.05, 4.69) is 20.8 Å². The third kappa shape index (κ3) is 3.53. The van der Waals surface area contributed by atoms with Gasteiger partial charge in [-0.2, -0.15) is 0 Å². The van der Waals surface area contributed by atoms with Gasteiger partial charge in [-0.15, -0.1) is 10.2 Å². The van der Waals surface area contributed by atoms with Crippen molar-refractivity contribution in [2.24, 2.45) is 0 Å². The van der Waals surface area contributed by atoms with Crippen LogP contribution in [0, 0.1) is 0 Å². The number of aromatic nitrogens is 2. The Morgan fingerprint density at radius 3 is 2.72 bits per heavy atom. The molecule has 0 aliphatic carbocycles. The summed E-state index contributed by atoms with van der Waals surface area (Å²) >= 11 is 1.40. The van der Waals surface area contributed by atoms with Crippen molar-refractivity contribution in [1.82, 2.24) is 10.2 Å². The number of benzene rings is 1. The van der Waals surface area contributed by atoms with E-state index < -0.39 is 0 Å². The maximum absolute atomic E-state index is 11.6. The fourth-order valence-corrected chi connectivity index (χ4v) is 2.04. The van der Waals surface area contributed by atoms with Crippen LogP contribution >= 0.6 is 11.3 Å². The van der Waals surface area contributed by atoms with E-state index in [1.165, 1.54) is 11.3 Å². The van der Waals surface area contributed by atoms with E-state index in [9.17, 15) is 4.79 Å². The molecule has 0 fully saturated rings. The molecule has 18 heavy (non-hydrogen) atoms. The molecule has 1 heterocycles. The molecule has 2 aromatic rings. The predicted molar refractivity (Wildman–Crippen MR) is 72.8 cm³/mol. The number of amides is 1. The van der Waals surface area contributed by atoms with Gasteiger partial charge in [0.2, 0.25) is 11.0 Å². The number of carbonyl (C=O) groups excluding carboxylic acids is 1. The summed E-state index contributed by atoms with van der Waals surface area (Å²) in [5, 5.41) is 15.0. The number of para-hydroxylation sites is 1. The van der Waals surface area contributed by atoms with Crippen LogP contribution in [0.3, 0.4) is 0 Å². The summed E-state index contributed by atoms with van der Waals surface area (Å²) in [4.78, 5) is 11.6. The highest BCUT2D eigenvalue weighted by molar-refractivity contribution is 7.15. The molecule has 2 rings (SSSR count). The Bertz CT molecular complexity index is 512. The zero-order valence-electron chi connectivity index (χ0n) is 10.0. The lowest BCUT2D eigenvalue weighted by atomic mass is 10.3. The van der Waals surface area contributed by atoms with Crippen molar-refractivity contribution >= 4 is 28.1 Å². The molecule has 1 aromatic heterocycles. The van der Waals surface area contributed by atoms with Gasteiger partial charge in [-0.1, -0.05) is 36.5 Å². The second-order valence-electron chi connectivity index (χ2n) is 3.62. The number of carbonyl (C=O) groups is 1. The van der Waals surface area contributed by atoms with Crippen LogP contribution in [0.4, 0.5) is 10.8 Å². The topological polar surface area (TPSA) is 66.9 Å². The van der Waals surface area contributed by atoms with Crippen molar-refractivity contribution in [3.63, 3.8) is 0 Å². The van der Waals surface area contributed by atoms with Crippen LogP contribution in [-0.4, -0.2) is 22.6 Å². The van der Waals surface area contributed by atoms with Gasteiger partial charge < -0.3 is 5.32 Å². The number of nitrogens with zero attached hydrogens (tertiary/aromatic N) is 2. The maximum Gasteiger partial charge on any atom is 0.245 e. The number of nitrogens with one attached hydrogen (secondary N) is 2. The SMILES string of the molecule is CCc1nnc(NC(=O)CNc2ccccc2)s1. The molecule has 5 nitrogen and oxygen atoms in total. The summed E-state index contributed by atoms with van der Waals surface area (Å²) in [7, 11) is 0. The summed E-state index contributed by atoms with van der Waals surface area (Å²) in [5.74, 6) is -0.127. The van der Waals surface area contributed by atoms with Crippen LogP contribution in [0.2, 0.25) is 0 Å². The summed E-state index contributed by atoms with van der Waals surface area (Å²) in [6, 6.07) is 9.58. The third-order valence-corrected chi connectivity index (χ3v) is 3.23. The molecular weight excluding hydrogens is 248 g/mol. The molecule has 1 aromatic carbocycles. The first-order valence-electron chi connectivity index (χ1n) is 5.69. The minimum absolute atomic E-state index is 0.127. The molecule has 0 unspecified atom stereocenters. The van der Waals surface area contributed by atoms with Crippen molar-refractivity contribution < 1.29 is 4.79 Å². The van der Waals surface area contributed by atoms with Crippen molar-refractivity contribution in [3.05, 3.63) is 35.3 Å². The van der Waals surface area contributed by atoms with E-state index in [4.69, 9.17) is 0 Å². The molecule has 94 valence electrons. The van der Waals surface area contributed by atoms with Gasteiger partial charge in [-0.3, -0.25) is 10.1 Å². The number of aryl methyl sites for hydroxylation is 1. The average molecular weight is 262 g/mol. The minimum atomic E-state index is -0.127. The summed E-state index contributed by atoms with van der Waals surface area (Å²) < 4.78 is 0. The van der Waals surface area contributed by atoms with Gasteiger partial charge in [0.15, 0.2) is 0 Å². The maximum atomic E-state index is 11.6. The largest absolute Gasteiger partial charge is 0.376 e. The van der Waals surface area contributed by atoms with E-state index in [0.29, 0.717) is 5.13 Å². The lowest BCUT2D eigenvalue weighted by Crippen LogP contribution is -2.21. The Kier molecular flexibility index (Phi) is 4.25. The number of anilines is 2. The Morgan fingerprint density at radius 2 is 2.06 bits per heavy atom. The summed E-state index contributed by atoms with van der Waals surface area (Å²) in [5.41, 5.74) is 0.916. The monoisotopic (exact) mass is 262 g/mol. The fraction of sp³-hybridized carbons (Fsp3) is 0.250. The summed E-state index contributed by atoms with van der Waals surface area (Å²) in [6.45, 7) is 2.22. The second kappa shape index (κ2) is 6.11. The van der Waals surface area contributed by atoms with E-state index in [1.807, 2.05) is 37.3 Å². The third-order valence-electron chi connectivity index (χ3n) is 2.24. The van der Waals surface area contributed by atoms with Gasteiger partial charge in [0.05, 0.1) is 6.54 Å². The van der Waals surface area contributed by atoms with Crippen molar-refractivity contribution in [2.75, 3.05) is 17.2 Å². The van der Waals surface area contributed by atoms with Crippen LogP contribution in [0.5, 0.6) is 0 Å². The lowest BCUT2D eigenvalue weighted by Gasteiger charge is -2.04. The highest BCUT2D eigenvalue weighted by Crippen LogP contribution is 2.15. The minimum Gasteiger partial charge on any atom is -0.376 e. The second-order valence-corrected chi connectivity index (χ2v) is 4.68. The van der Waals surface area contributed by atoms with Gasteiger partial charge in [0.25, 0.3) is 0 Å². The van der Waals surface area contributed by atoms with Gasteiger partial charge in [-0.05, 0) is 18.6 Å². The van der Waals surface area contributed by atoms with Crippen molar-refractivity contribution in [2.45, 2.75) is 13.3 Å². The van der Waals surface area contributed by atoms with Crippen LogP contribution in [0.1, 0.15) is 11.9 Å². The Hall–Kier alpha value is -1.95. The van der Waals surface area contributed by atoms with Crippen molar-refractivity contribution in [3.8, 4) is 0 Å². The molecule has 0 atom stereocenters. The first kappa shape index (κ1) is 12.5. The molecule has 0 saturated carbocycles. The number of hydrogen-bond donors (Lipinski definition) is 2. The first-order chi connectivity index (χ1) is 8.78. The van der Waals surface area contributed by atoms with Gasteiger partial charge >= 0.3 is 0 Å². The fourth-order valence-electron chi connectivity index (χ4n) is 1.35. The zero-order valence-corrected chi connectivity index (χ0v) is 10.8. The van der Waals surface area contributed by atoms with Crippen LogP contribution in [0.15, 0.2) is 30.3 Å². The number of rotatable bonds is 5. The predicted octanol–water partition coefficient (Wildman–Crippen LogP) is 2.15. The highest BCUT2D eigenvalue weighted by atomic mass is 32.1. The van der Waals surface area contributed by atoms with Crippen LogP contribution in [-0.2, 0) is 11.2 Å². The Morgan fingerprint density at radius 1 is 1.28 bits per heavy atom.